The van der Waals surface area contributed by atoms with E-state index in [2.05, 4.69) is 10.1 Å². The van der Waals surface area contributed by atoms with Gasteiger partial charge < -0.3 is 14.6 Å². The third kappa shape index (κ3) is 3.03. The number of nitrogens with zero attached hydrogens (tertiary/aromatic N) is 3. The highest BCUT2D eigenvalue weighted by Crippen LogP contribution is 2.30. The first-order chi connectivity index (χ1) is 12.0. The first kappa shape index (κ1) is 16.5. The normalized spacial score (nSPS) is 11.2. The molecule has 0 aliphatic heterocycles. The zero-order chi connectivity index (χ0) is 18.0. The van der Waals surface area contributed by atoms with Crippen LogP contribution in [0.3, 0.4) is 0 Å². The van der Waals surface area contributed by atoms with Gasteiger partial charge in [0.15, 0.2) is 11.5 Å². The molecule has 0 spiro atoms. The van der Waals surface area contributed by atoms with Crippen molar-refractivity contribution in [3.8, 4) is 17.2 Å². The minimum Gasteiger partial charge on any atom is -0.507 e. The van der Waals surface area contributed by atoms with E-state index < -0.39 is 0 Å². The molecule has 1 heterocycles. The van der Waals surface area contributed by atoms with E-state index in [0.717, 1.165) is 0 Å². The second kappa shape index (κ2) is 6.64. The Labute approximate surface area is 143 Å². The van der Waals surface area contributed by atoms with Crippen molar-refractivity contribution >= 4 is 17.1 Å². The maximum atomic E-state index is 12.8. The van der Waals surface area contributed by atoms with Gasteiger partial charge >= 0.3 is 0 Å². The summed E-state index contributed by atoms with van der Waals surface area (Å²) in [6, 6.07) is 9.96. The molecule has 1 aromatic heterocycles. The molecule has 7 heteroatoms. The Morgan fingerprint density at radius 1 is 1.16 bits per heavy atom. The summed E-state index contributed by atoms with van der Waals surface area (Å²) in [4.78, 5) is 17.2. The fourth-order valence-corrected chi connectivity index (χ4v) is 2.47. The molecule has 0 radical (unpaired) electrons. The fourth-order valence-electron chi connectivity index (χ4n) is 2.47. The highest BCUT2D eigenvalue weighted by Gasteiger charge is 2.13. The standard InChI is InChI=1S/C18H17N3O4/c1-11-20-14-9-17(25-3)16(24-2)8-13(14)18(23)21(11)19-10-12-6-4-5-7-15(12)22/h4-10,22H,1-3H3/b19-10+. The summed E-state index contributed by atoms with van der Waals surface area (Å²) in [6.07, 6.45) is 1.41. The monoisotopic (exact) mass is 339 g/mol. The Bertz CT molecular complexity index is 1020. The molecule has 0 fully saturated rings. The zero-order valence-corrected chi connectivity index (χ0v) is 14.1. The molecule has 0 atom stereocenters. The van der Waals surface area contributed by atoms with E-state index in [1.54, 1.807) is 43.3 Å². The summed E-state index contributed by atoms with van der Waals surface area (Å²) in [5, 5.41) is 14.3. The number of methoxy groups -OCH3 is 2. The van der Waals surface area contributed by atoms with Gasteiger partial charge in [0.05, 0.1) is 31.3 Å². The molecule has 0 saturated carbocycles. The number of phenols is 1. The molecule has 0 aliphatic rings. The Balaban J connectivity index is 2.16. The fraction of sp³-hybridized carbons (Fsp3) is 0.167. The minimum absolute atomic E-state index is 0.0807. The van der Waals surface area contributed by atoms with Crippen molar-refractivity contribution in [3.05, 3.63) is 58.1 Å². The van der Waals surface area contributed by atoms with Crippen molar-refractivity contribution in [3.63, 3.8) is 0 Å². The molecular formula is C18H17N3O4. The molecule has 0 unspecified atom stereocenters. The van der Waals surface area contributed by atoms with Gasteiger partial charge in [0, 0.05) is 11.6 Å². The lowest BCUT2D eigenvalue weighted by molar-refractivity contribution is 0.355. The smallest absolute Gasteiger partial charge is 0.282 e. The molecule has 0 saturated heterocycles. The number of para-hydroxylation sites is 1. The Kier molecular flexibility index (Phi) is 4.38. The van der Waals surface area contributed by atoms with Crippen molar-refractivity contribution in [2.75, 3.05) is 14.2 Å². The number of aromatic hydroxyl groups is 1. The predicted molar refractivity (Wildman–Crippen MR) is 94.9 cm³/mol. The number of hydrogen-bond acceptors (Lipinski definition) is 6. The predicted octanol–water partition coefficient (Wildman–Crippen LogP) is 2.31. The molecule has 0 amide bonds. The van der Waals surface area contributed by atoms with Crippen molar-refractivity contribution in [1.82, 2.24) is 9.66 Å². The summed E-state index contributed by atoms with van der Waals surface area (Å²) in [5.74, 6) is 1.43. The van der Waals surface area contributed by atoms with Crippen LogP contribution in [-0.2, 0) is 0 Å². The summed E-state index contributed by atoms with van der Waals surface area (Å²) in [6.45, 7) is 1.68. The van der Waals surface area contributed by atoms with Gasteiger partial charge in [0.2, 0.25) is 0 Å². The summed E-state index contributed by atoms with van der Waals surface area (Å²) in [7, 11) is 3.02. The summed E-state index contributed by atoms with van der Waals surface area (Å²) < 4.78 is 11.7. The Hall–Kier alpha value is -3.35. The number of aromatic nitrogens is 2. The van der Waals surface area contributed by atoms with E-state index >= 15 is 0 Å². The number of phenolic OH excluding ortho intramolecular Hbond substituents is 1. The first-order valence-corrected chi connectivity index (χ1v) is 7.53. The van der Waals surface area contributed by atoms with Crippen LogP contribution in [0.25, 0.3) is 10.9 Å². The van der Waals surface area contributed by atoms with Crippen LogP contribution in [0.2, 0.25) is 0 Å². The van der Waals surface area contributed by atoms with E-state index in [1.165, 1.54) is 25.1 Å². The quantitative estimate of drug-likeness (QED) is 0.737. The number of fused-ring (bicyclic) bond motifs is 1. The van der Waals surface area contributed by atoms with E-state index in [0.29, 0.717) is 33.8 Å². The van der Waals surface area contributed by atoms with Crippen molar-refractivity contribution < 1.29 is 14.6 Å². The number of aryl methyl sites for hydroxylation is 1. The van der Waals surface area contributed by atoms with Gasteiger partial charge in [-0.05, 0) is 25.1 Å². The molecule has 3 aromatic rings. The molecule has 25 heavy (non-hydrogen) atoms. The van der Waals surface area contributed by atoms with Crippen LogP contribution in [0.5, 0.6) is 17.2 Å². The number of benzene rings is 2. The lowest BCUT2D eigenvalue weighted by atomic mass is 10.2. The van der Waals surface area contributed by atoms with Gasteiger partial charge in [-0.1, -0.05) is 12.1 Å². The van der Waals surface area contributed by atoms with E-state index in [1.807, 2.05) is 0 Å². The third-order valence-corrected chi connectivity index (χ3v) is 3.76. The van der Waals surface area contributed by atoms with Crippen LogP contribution < -0.4 is 15.0 Å². The topological polar surface area (TPSA) is 85.9 Å². The second-order valence-electron chi connectivity index (χ2n) is 5.30. The molecule has 1 N–H and O–H groups in total. The second-order valence-corrected chi connectivity index (χ2v) is 5.30. The minimum atomic E-state index is -0.338. The molecule has 0 bridgehead atoms. The van der Waals surface area contributed by atoms with Crippen LogP contribution in [-0.4, -0.2) is 35.2 Å². The van der Waals surface area contributed by atoms with Crippen LogP contribution in [0.4, 0.5) is 0 Å². The van der Waals surface area contributed by atoms with Crippen LogP contribution in [0, 0.1) is 6.92 Å². The van der Waals surface area contributed by atoms with Crippen molar-refractivity contribution in [2.24, 2.45) is 5.10 Å². The SMILES string of the molecule is COc1cc2nc(C)n(/N=C/c3ccccc3O)c(=O)c2cc1OC. The molecule has 128 valence electrons. The van der Waals surface area contributed by atoms with Crippen LogP contribution in [0.1, 0.15) is 11.4 Å². The van der Waals surface area contributed by atoms with Gasteiger partial charge in [0.1, 0.15) is 11.6 Å². The van der Waals surface area contributed by atoms with Gasteiger partial charge in [0.25, 0.3) is 5.56 Å². The zero-order valence-electron chi connectivity index (χ0n) is 14.1. The van der Waals surface area contributed by atoms with Gasteiger partial charge in [-0.3, -0.25) is 4.79 Å². The largest absolute Gasteiger partial charge is 0.507 e. The maximum absolute atomic E-state index is 12.8. The van der Waals surface area contributed by atoms with Gasteiger partial charge in [-0.2, -0.15) is 9.78 Å². The lowest BCUT2D eigenvalue weighted by Crippen LogP contribution is -2.20. The highest BCUT2D eigenvalue weighted by molar-refractivity contribution is 5.84. The number of ether oxygens (including phenoxy) is 2. The van der Waals surface area contributed by atoms with Crippen LogP contribution >= 0.6 is 0 Å². The van der Waals surface area contributed by atoms with Crippen molar-refractivity contribution in [2.45, 2.75) is 6.92 Å². The molecule has 7 nitrogen and oxygen atoms in total. The third-order valence-electron chi connectivity index (χ3n) is 3.76. The molecule has 0 aliphatic carbocycles. The molecule has 3 rings (SSSR count). The van der Waals surface area contributed by atoms with Gasteiger partial charge in [-0.15, -0.1) is 0 Å². The number of hydrogen-bond donors (Lipinski definition) is 1. The molecular weight excluding hydrogens is 322 g/mol. The summed E-state index contributed by atoms with van der Waals surface area (Å²) >= 11 is 0. The van der Waals surface area contributed by atoms with E-state index in [-0.39, 0.29) is 11.3 Å². The molecule has 2 aromatic carbocycles. The van der Waals surface area contributed by atoms with E-state index in [4.69, 9.17) is 9.47 Å². The lowest BCUT2D eigenvalue weighted by Gasteiger charge is -2.10. The Morgan fingerprint density at radius 2 is 1.84 bits per heavy atom. The maximum Gasteiger partial charge on any atom is 0.282 e. The first-order valence-electron chi connectivity index (χ1n) is 7.53. The van der Waals surface area contributed by atoms with Gasteiger partial charge in [-0.25, -0.2) is 4.98 Å². The number of rotatable bonds is 4. The average Bonchev–Trinajstić information content (AvgIpc) is 2.62. The van der Waals surface area contributed by atoms with Crippen molar-refractivity contribution in [1.29, 1.82) is 0 Å². The van der Waals surface area contributed by atoms with E-state index in [9.17, 15) is 9.90 Å². The van der Waals surface area contributed by atoms with Crippen LogP contribution in [0.15, 0.2) is 46.3 Å². The highest BCUT2D eigenvalue weighted by atomic mass is 16.5. The average molecular weight is 339 g/mol. The Morgan fingerprint density at radius 3 is 2.52 bits per heavy atom. The summed E-state index contributed by atoms with van der Waals surface area (Å²) in [5.41, 5.74) is 0.658.